The van der Waals surface area contributed by atoms with Crippen LogP contribution in [-0.2, 0) is 6.54 Å². The zero-order valence-corrected chi connectivity index (χ0v) is 12.0. The van der Waals surface area contributed by atoms with E-state index in [-0.39, 0.29) is 0 Å². The van der Waals surface area contributed by atoms with E-state index < -0.39 is 0 Å². The quantitative estimate of drug-likeness (QED) is 0.906. The Morgan fingerprint density at radius 3 is 2.95 bits per heavy atom. The lowest BCUT2D eigenvalue weighted by Crippen LogP contribution is -2.37. The van der Waals surface area contributed by atoms with Crippen LogP contribution in [0.3, 0.4) is 0 Å². The minimum Gasteiger partial charge on any atom is -0.369 e. The molecule has 106 valence electrons. The van der Waals surface area contributed by atoms with Gasteiger partial charge in [-0.1, -0.05) is 25.1 Å². The number of benzene rings is 1. The molecule has 0 saturated carbocycles. The van der Waals surface area contributed by atoms with Crippen molar-refractivity contribution in [1.82, 2.24) is 15.1 Å². The van der Waals surface area contributed by atoms with E-state index in [0.717, 1.165) is 26.2 Å². The van der Waals surface area contributed by atoms with E-state index in [1.54, 1.807) is 0 Å². The van der Waals surface area contributed by atoms with Crippen molar-refractivity contribution in [3.8, 4) is 0 Å². The molecule has 3 rings (SSSR count). The van der Waals surface area contributed by atoms with Gasteiger partial charge in [-0.05, 0) is 30.7 Å². The van der Waals surface area contributed by atoms with Crippen LogP contribution in [0.1, 0.15) is 24.9 Å². The lowest BCUT2D eigenvalue weighted by atomic mass is 9.96. The van der Waals surface area contributed by atoms with Gasteiger partial charge in [-0.25, -0.2) is 0 Å². The van der Waals surface area contributed by atoms with Gasteiger partial charge in [-0.3, -0.25) is 4.68 Å². The van der Waals surface area contributed by atoms with Crippen LogP contribution in [0.2, 0.25) is 0 Å². The molecule has 0 saturated heterocycles. The van der Waals surface area contributed by atoms with Crippen LogP contribution in [0.5, 0.6) is 0 Å². The third-order valence-corrected chi connectivity index (χ3v) is 3.95. The minimum absolute atomic E-state index is 0.497. The summed E-state index contributed by atoms with van der Waals surface area (Å²) in [6.07, 6.45) is 5.03. The molecule has 1 aromatic heterocycles. The lowest BCUT2D eigenvalue weighted by Gasteiger charge is -2.36. The van der Waals surface area contributed by atoms with Crippen molar-refractivity contribution in [2.45, 2.75) is 25.9 Å². The Bertz CT molecular complexity index is 535. The van der Waals surface area contributed by atoms with Gasteiger partial charge in [0.05, 0.1) is 6.54 Å². The third-order valence-electron chi connectivity index (χ3n) is 3.95. The third kappa shape index (κ3) is 2.70. The van der Waals surface area contributed by atoms with Crippen LogP contribution in [-0.4, -0.2) is 29.4 Å². The molecule has 1 unspecified atom stereocenters. The Kier molecular flexibility index (Phi) is 4.02. The SMILES string of the molecule is CCNC1CCN(CCn2cccn2)c2ccccc21. The fraction of sp³-hybridized carbons (Fsp3) is 0.438. The molecule has 20 heavy (non-hydrogen) atoms. The van der Waals surface area contributed by atoms with Crippen molar-refractivity contribution in [3.05, 3.63) is 48.3 Å². The molecular weight excluding hydrogens is 248 g/mol. The average molecular weight is 270 g/mol. The molecule has 4 heteroatoms. The fourth-order valence-corrected chi connectivity index (χ4v) is 2.98. The van der Waals surface area contributed by atoms with E-state index in [9.17, 15) is 0 Å². The van der Waals surface area contributed by atoms with Gasteiger partial charge in [0, 0.05) is 37.2 Å². The van der Waals surface area contributed by atoms with Gasteiger partial charge in [0.15, 0.2) is 0 Å². The van der Waals surface area contributed by atoms with Gasteiger partial charge in [-0.15, -0.1) is 0 Å². The number of para-hydroxylation sites is 1. The first-order valence-corrected chi connectivity index (χ1v) is 7.43. The summed E-state index contributed by atoms with van der Waals surface area (Å²) in [5.41, 5.74) is 2.80. The molecule has 2 heterocycles. The lowest BCUT2D eigenvalue weighted by molar-refractivity contribution is 0.480. The maximum absolute atomic E-state index is 4.28. The van der Waals surface area contributed by atoms with Gasteiger partial charge in [0.2, 0.25) is 0 Å². The standard InChI is InChI=1S/C16H22N4/c1-2-17-15-8-11-19(12-13-20-10-5-9-18-20)16-7-4-3-6-14(15)16/h3-7,9-10,15,17H,2,8,11-13H2,1H3. The van der Waals surface area contributed by atoms with Crippen molar-refractivity contribution >= 4 is 5.69 Å². The van der Waals surface area contributed by atoms with E-state index in [2.05, 4.69) is 46.5 Å². The zero-order valence-electron chi connectivity index (χ0n) is 12.0. The van der Waals surface area contributed by atoms with E-state index in [0.29, 0.717) is 6.04 Å². The molecule has 2 aromatic rings. The van der Waals surface area contributed by atoms with Gasteiger partial charge >= 0.3 is 0 Å². The first-order chi connectivity index (χ1) is 9.88. The summed E-state index contributed by atoms with van der Waals surface area (Å²) < 4.78 is 2.00. The van der Waals surface area contributed by atoms with Crippen molar-refractivity contribution in [3.63, 3.8) is 0 Å². The van der Waals surface area contributed by atoms with Crippen LogP contribution < -0.4 is 10.2 Å². The summed E-state index contributed by atoms with van der Waals surface area (Å²) in [5, 5.41) is 7.87. The molecule has 1 aliphatic rings. The van der Waals surface area contributed by atoms with Crippen molar-refractivity contribution in [2.24, 2.45) is 0 Å². The molecule has 1 N–H and O–H groups in total. The molecule has 0 amide bonds. The van der Waals surface area contributed by atoms with Gasteiger partial charge in [0.25, 0.3) is 0 Å². The normalized spacial score (nSPS) is 18.1. The highest BCUT2D eigenvalue weighted by Gasteiger charge is 2.23. The minimum atomic E-state index is 0.497. The van der Waals surface area contributed by atoms with Gasteiger partial charge in [-0.2, -0.15) is 5.10 Å². The summed E-state index contributed by atoms with van der Waals surface area (Å²) in [6, 6.07) is 11.2. The summed E-state index contributed by atoms with van der Waals surface area (Å²) in [5.74, 6) is 0. The van der Waals surface area contributed by atoms with E-state index >= 15 is 0 Å². The number of nitrogens with zero attached hydrogens (tertiary/aromatic N) is 3. The number of aromatic nitrogens is 2. The zero-order chi connectivity index (χ0) is 13.8. The van der Waals surface area contributed by atoms with E-state index in [4.69, 9.17) is 0 Å². The number of hydrogen-bond acceptors (Lipinski definition) is 3. The molecule has 4 nitrogen and oxygen atoms in total. The van der Waals surface area contributed by atoms with Crippen LogP contribution in [0.15, 0.2) is 42.7 Å². The average Bonchev–Trinajstić information content (AvgIpc) is 3.00. The number of hydrogen-bond donors (Lipinski definition) is 1. The number of rotatable bonds is 5. The number of anilines is 1. The predicted molar refractivity (Wildman–Crippen MR) is 81.9 cm³/mol. The van der Waals surface area contributed by atoms with E-state index in [1.807, 2.05) is 23.1 Å². The second kappa shape index (κ2) is 6.09. The maximum atomic E-state index is 4.28. The Morgan fingerprint density at radius 2 is 2.15 bits per heavy atom. The van der Waals surface area contributed by atoms with Gasteiger partial charge < -0.3 is 10.2 Å². The molecule has 0 fully saturated rings. The number of fused-ring (bicyclic) bond motifs is 1. The summed E-state index contributed by atoms with van der Waals surface area (Å²) >= 11 is 0. The molecule has 0 bridgehead atoms. The molecule has 0 radical (unpaired) electrons. The molecule has 0 spiro atoms. The Morgan fingerprint density at radius 1 is 1.25 bits per heavy atom. The highest BCUT2D eigenvalue weighted by atomic mass is 15.3. The van der Waals surface area contributed by atoms with Gasteiger partial charge in [0.1, 0.15) is 0 Å². The topological polar surface area (TPSA) is 33.1 Å². The highest BCUT2D eigenvalue weighted by Crippen LogP contribution is 2.33. The van der Waals surface area contributed by atoms with Crippen LogP contribution in [0.4, 0.5) is 5.69 Å². The second-order valence-electron chi connectivity index (χ2n) is 5.21. The first kappa shape index (κ1) is 13.2. The van der Waals surface area contributed by atoms with E-state index in [1.165, 1.54) is 17.7 Å². The number of nitrogens with one attached hydrogen (secondary N) is 1. The molecular formula is C16H22N4. The smallest absolute Gasteiger partial charge is 0.0584 e. The predicted octanol–water partition coefficient (Wildman–Crippen LogP) is 2.44. The van der Waals surface area contributed by atoms with Crippen LogP contribution in [0, 0.1) is 0 Å². The van der Waals surface area contributed by atoms with Crippen molar-refractivity contribution in [2.75, 3.05) is 24.5 Å². The summed E-state index contributed by atoms with van der Waals surface area (Å²) in [7, 11) is 0. The van der Waals surface area contributed by atoms with Crippen LogP contribution in [0.25, 0.3) is 0 Å². The largest absolute Gasteiger partial charge is 0.369 e. The monoisotopic (exact) mass is 270 g/mol. The molecule has 1 aromatic carbocycles. The maximum Gasteiger partial charge on any atom is 0.0584 e. The fourth-order valence-electron chi connectivity index (χ4n) is 2.98. The van der Waals surface area contributed by atoms with Crippen LogP contribution >= 0.6 is 0 Å². The molecule has 0 aliphatic carbocycles. The summed E-state index contributed by atoms with van der Waals surface area (Å²) in [6.45, 7) is 6.25. The highest BCUT2D eigenvalue weighted by molar-refractivity contribution is 5.56. The Hall–Kier alpha value is -1.81. The second-order valence-corrected chi connectivity index (χ2v) is 5.21. The molecule has 1 aliphatic heterocycles. The molecule has 1 atom stereocenters. The summed E-state index contributed by atoms with van der Waals surface area (Å²) in [4.78, 5) is 2.48. The first-order valence-electron chi connectivity index (χ1n) is 7.43. The Balaban J connectivity index is 1.74. The Labute approximate surface area is 120 Å². The van der Waals surface area contributed by atoms with Crippen molar-refractivity contribution in [1.29, 1.82) is 0 Å². The van der Waals surface area contributed by atoms with Crippen molar-refractivity contribution < 1.29 is 0 Å².